The van der Waals surface area contributed by atoms with Gasteiger partial charge >= 0.3 is 19.5 Å². The van der Waals surface area contributed by atoms with Gasteiger partial charge in [-0.25, -0.2) is 9.97 Å². The van der Waals surface area contributed by atoms with Gasteiger partial charge in [0.1, 0.15) is 0 Å². The molecule has 0 unspecified atom stereocenters. The SMILES string of the molecule is O.O.O.O.O.[NH-][C@@H](Cc1cnc[nH]1)C(=O)O.[NH-][C@@H](Cc1cnc[nH]1)C(=O)O.[Zn+2]. The molecule has 15 nitrogen and oxygen atoms in total. The Kier molecular flexibility index (Phi) is 30.3. The first kappa shape index (κ1) is 40.4. The van der Waals surface area contributed by atoms with Crippen molar-refractivity contribution in [3.05, 3.63) is 47.9 Å². The molecular formula is C12H26N6O9Zn. The Hall–Kier alpha value is -2.30. The first-order valence-electron chi connectivity index (χ1n) is 6.22. The largest absolute Gasteiger partial charge is 2.00 e. The van der Waals surface area contributed by atoms with Crippen LogP contribution < -0.4 is 0 Å². The normalized spacial score (nSPS) is 10.1. The van der Waals surface area contributed by atoms with E-state index < -0.39 is 24.0 Å². The number of hydrogen-bond acceptors (Lipinski definition) is 4. The Morgan fingerprint density at radius 1 is 0.821 bits per heavy atom. The molecule has 0 aromatic carbocycles. The quantitative estimate of drug-likeness (QED) is 0.319. The zero-order chi connectivity index (χ0) is 16.5. The van der Waals surface area contributed by atoms with Gasteiger partial charge in [0, 0.05) is 23.8 Å². The third-order valence-electron chi connectivity index (χ3n) is 2.55. The molecule has 0 aliphatic carbocycles. The molecule has 2 rings (SSSR count). The molecule has 0 aliphatic rings. The molecule has 0 radical (unpaired) electrons. The second kappa shape index (κ2) is 21.0. The molecule has 28 heavy (non-hydrogen) atoms. The fourth-order valence-electron chi connectivity index (χ4n) is 1.41. The number of aromatic nitrogens is 4. The van der Waals surface area contributed by atoms with Gasteiger partial charge in [0.15, 0.2) is 0 Å². The molecule has 0 spiro atoms. The number of imidazole rings is 2. The van der Waals surface area contributed by atoms with E-state index >= 15 is 0 Å². The number of carboxylic acid groups (broad SMARTS) is 2. The van der Waals surface area contributed by atoms with E-state index in [9.17, 15) is 9.59 Å². The molecule has 2 atom stereocenters. The van der Waals surface area contributed by atoms with Crippen LogP contribution in [-0.4, -0.2) is 81.6 Å². The molecule has 16 heteroatoms. The topological polar surface area (TPSA) is 337 Å². The van der Waals surface area contributed by atoms with Gasteiger partial charge in [-0.1, -0.05) is 0 Å². The van der Waals surface area contributed by atoms with Crippen LogP contribution in [0.25, 0.3) is 11.5 Å². The molecular weight excluding hydrogens is 438 g/mol. The standard InChI is InChI=1S/2C6H8N3O2.5H2O.Zn/c2*7-5(6(10)11)1-4-2-8-3-9-4;;;;;;/h2*2-3,5,7H,1H2,(H,8,9)(H,10,11);5*1H2;/q2*-1;;;;;;+2/t2*5-;;;;;;/m00....../s1. The maximum absolute atomic E-state index is 10.2. The van der Waals surface area contributed by atoms with Crippen molar-refractivity contribution in [3.63, 3.8) is 0 Å². The van der Waals surface area contributed by atoms with Crippen LogP contribution in [0.3, 0.4) is 0 Å². The van der Waals surface area contributed by atoms with Crippen LogP contribution in [0, 0.1) is 0 Å². The van der Waals surface area contributed by atoms with Crippen molar-refractivity contribution in [2.24, 2.45) is 0 Å². The molecule has 16 N–H and O–H groups in total. The molecule has 2 heterocycles. The number of hydrogen-bond donors (Lipinski definition) is 4. The Morgan fingerprint density at radius 3 is 1.29 bits per heavy atom. The van der Waals surface area contributed by atoms with E-state index in [4.69, 9.17) is 21.7 Å². The molecule has 0 saturated carbocycles. The van der Waals surface area contributed by atoms with E-state index in [1.807, 2.05) is 0 Å². The van der Waals surface area contributed by atoms with Crippen molar-refractivity contribution >= 4 is 11.9 Å². The Morgan fingerprint density at radius 2 is 1.11 bits per heavy atom. The van der Waals surface area contributed by atoms with Crippen molar-refractivity contribution in [3.8, 4) is 0 Å². The van der Waals surface area contributed by atoms with Gasteiger partial charge in [-0.05, 0) is 24.9 Å². The summed E-state index contributed by atoms with van der Waals surface area (Å²) >= 11 is 0. The summed E-state index contributed by atoms with van der Waals surface area (Å²) in [6, 6.07) is -2.20. The fraction of sp³-hybridized carbons (Fsp3) is 0.333. The van der Waals surface area contributed by atoms with E-state index in [2.05, 4.69) is 19.9 Å². The van der Waals surface area contributed by atoms with E-state index in [-0.39, 0.29) is 59.7 Å². The maximum Gasteiger partial charge on any atom is 2.00 e. The molecule has 2 aromatic rings. The van der Waals surface area contributed by atoms with Crippen LogP contribution in [0.4, 0.5) is 0 Å². The van der Waals surface area contributed by atoms with Crippen molar-refractivity contribution in [1.82, 2.24) is 19.9 Å². The van der Waals surface area contributed by atoms with Crippen LogP contribution in [0.5, 0.6) is 0 Å². The summed E-state index contributed by atoms with van der Waals surface area (Å²) in [6.07, 6.45) is 6.31. The zero-order valence-corrected chi connectivity index (χ0v) is 17.7. The van der Waals surface area contributed by atoms with E-state index in [0.717, 1.165) is 0 Å². The Balaban J connectivity index is -0.0000000712. The van der Waals surface area contributed by atoms with Crippen molar-refractivity contribution in [2.75, 3.05) is 0 Å². The Labute approximate surface area is 171 Å². The van der Waals surface area contributed by atoms with Gasteiger partial charge in [-0.15, -0.1) is 0 Å². The minimum absolute atomic E-state index is 0. The number of carboxylic acids is 2. The smallest absolute Gasteiger partial charge is 0.665 e. The third kappa shape index (κ3) is 15.9. The van der Waals surface area contributed by atoms with Gasteiger partial charge in [-0.2, -0.15) is 0 Å². The summed E-state index contributed by atoms with van der Waals surface area (Å²) in [4.78, 5) is 33.3. The second-order valence-electron chi connectivity index (χ2n) is 4.34. The van der Waals surface area contributed by atoms with Crippen LogP contribution in [0.2, 0.25) is 0 Å². The first-order chi connectivity index (χ1) is 10.4. The molecule has 0 aliphatic heterocycles. The van der Waals surface area contributed by atoms with Gasteiger partial charge in [0.25, 0.3) is 11.9 Å². The molecule has 160 valence electrons. The van der Waals surface area contributed by atoms with Crippen molar-refractivity contribution < 1.29 is 66.7 Å². The van der Waals surface area contributed by atoms with E-state index in [0.29, 0.717) is 11.4 Å². The van der Waals surface area contributed by atoms with Gasteiger partial charge in [-0.3, -0.25) is 9.59 Å². The predicted octanol–water partition coefficient (Wildman–Crippen LogP) is -3.21. The van der Waals surface area contributed by atoms with E-state index in [1.165, 1.54) is 25.0 Å². The molecule has 0 amide bonds. The summed E-state index contributed by atoms with van der Waals surface area (Å²) in [5, 5.41) is 16.7. The van der Waals surface area contributed by atoms with E-state index in [1.54, 1.807) is 0 Å². The number of rotatable bonds is 6. The van der Waals surface area contributed by atoms with Crippen LogP contribution in [0.15, 0.2) is 25.0 Å². The minimum atomic E-state index is -1.11. The van der Waals surface area contributed by atoms with Crippen LogP contribution in [0.1, 0.15) is 11.4 Å². The number of aromatic amines is 2. The number of nitrogens with one attached hydrogen (secondary N) is 4. The second-order valence-corrected chi connectivity index (χ2v) is 4.34. The van der Waals surface area contributed by atoms with Gasteiger partial charge in [0.2, 0.25) is 0 Å². The molecule has 0 saturated heterocycles. The number of nitrogens with zero attached hydrogens (tertiary/aromatic N) is 2. The van der Waals surface area contributed by atoms with Crippen LogP contribution in [-0.2, 0) is 41.9 Å². The summed E-state index contributed by atoms with van der Waals surface area (Å²) in [5.41, 5.74) is 15.5. The van der Waals surface area contributed by atoms with Gasteiger partial charge in [0.05, 0.1) is 12.7 Å². The monoisotopic (exact) mass is 462 g/mol. The number of aliphatic carboxylic acids is 2. The molecule has 2 aromatic heterocycles. The molecule has 0 bridgehead atoms. The maximum atomic E-state index is 10.2. The summed E-state index contributed by atoms with van der Waals surface area (Å²) < 4.78 is 0. The van der Waals surface area contributed by atoms with Gasteiger partial charge < -0.3 is 59.0 Å². The van der Waals surface area contributed by atoms with Crippen molar-refractivity contribution in [2.45, 2.75) is 24.9 Å². The summed E-state index contributed by atoms with van der Waals surface area (Å²) in [5.74, 6) is -2.22. The fourth-order valence-corrected chi connectivity index (χ4v) is 1.41. The first-order valence-corrected chi connectivity index (χ1v) is 6.22. The number of carbonyl (C=O) groups is 2. The van der Waals surface area contributed by atoms with Crippen molar-refractivity contribution in [1.29, 1.82) is 0 Å². The summed E-state index contributed by atoms with van der Waals surface area (Å²) in [6.45, 7) is 0. The molecule has 0 fully saturated rings. The summed E-state index contributed by atoms with van der Waals surface area (Å²) in [7, 11) is 0. The average Bonchev–Trinajstić information content (AvgIpc) is 3.12. The van der Waals surface area contributed by atoms with Crippen LogP contribution >= 0.6 is 0 Å². The third-order valence-corrected chi connectivity index (χ3v) is 2.55. The average molecular weight is 464 g/mol. The number of H-pyrrole nitrogens is 2. The Bertz CT molecular complexity index is 532. The predicted molar refractivity (Wildman–Crippen MR) is 94.1 cm³/mol. The minimum Gasteiger partial charge on any atom is -0.665 e. The zero-order valence-electron chi connectivity index (χ0n) is 14.7.